The molecule has 10 heteroatoms. The molecule has 214 valence electrons. The van der Waals surface area contributed by atoms with Crippen LogP contribution in [-0.4, -0.2) is 55.6 Å². The number of hydrogen-bond donors (Lipinski definition) is 3. The molecule has 4 aromatic rings. The van der Waals surface area contributed by atoms with E-state index in [0.717, 1.165) is 16.8 Å². The Labute approximate surface area is 248 Å². The number of ether oxygens (including phenoxy) is 1. The number of carbonyl (C=O) groups is 2. The van der Waals surface area contributed by atoms with Gasteiger partial charge in [-0.15, -0.1) is 0 Å². The van der Waals surface area contributed by atoms with Gasteiger partial charge in [-0.3, -0.25) is 9.59 Å². The second-order valence-electron chi connectivity index (χ2n) is 9.47. The van der Waals surface area contributed by atoms with Crippen molar-refractivity contribution in [2.75, 3.05) is 44.3 Å². The molecule has 4 rings (SSSR count). The van der Waals surface area contributed by atoms with Crippen LogP contribution in [0.1, 0.15) is 26.3 Å². The van der Waals surface area contributed by atoms with E-state index < -0.39 is 11.4 Å². The van der Waals surface area contributed by atoms with Crippen molar-refractivity contribution in [3.8, 4) is 22.9 Å². The van der Waals surface area contributed by atoms with Gasteiger partial charge in [-0.25, -0.2) is 4.72 Å². The van der Waals surface area contributed by atoms with Crippen molar-refractivity contribution in [3.05, 3.63) is 108 Å². The van der Waals surface area contributed by atoms with Gasteiger partial charge >= 0.3 is 0 Å². The van der Waals surface area contributed by atoms with Gasteiger partial charge in [-0.2, -0.15) is 5.26 Å². The number of carbonyl (C=O) groups excluding carboxylic acids is 2. The van der Waals surface area contributed by atoms with E-state index in [4.69, 9.17) is 10.00 Å². The maximum absolute atomic E-state index is 13.4. The zero-order valence-electron chi connectivity index (χ0n) is 23.5. The Bertz CT molecular complexity index is 1620. The van der Waals surface area contributed by atoms with Crippen LogP contribution < -0.4 is 20.1 Å². The van der Waals surface area contributed by atoms with Gasteiger partial charge in [0.05, 0.1) is 24.4 Å². The highest BCUT2D eigenvalue weighted by atomic mass is 32.2. The molecule has 4 aromatic carbocycles. The smallest absolute Gasteiger partial charge is 0.253 e. The number of benzene rings is 4. The zero-order valence-corrected chi connectivity index (χ0v) is 24.3. The van der Waals surface area contributed by atoms with E-state index in [-0.39, 0.29) is 11.8 Å². The Morgan fingerprint density at radius 1 is 0.881 bits per heavy atom. The number of hydrogen-bond acceptors (Lipinski definition) is 7. The van der Waals surface area contributed by atoms with Crippen LogP contribution in [0.4, 0.5) is 11.4 Å². The monoisotopic (exact) mass is 581 g/mol. The van der Waals surface area contributed by atoms with Crippen molar-refractivity contribution in [1.29, 1.82) is 5.26 Å². The highest BCUT2D eigenvalue weighted by Gasteiger charge is 2.20. The Balaban J connectivity index is 1.40. The van der Waals surface area contributed by atoms with Crippen molar-refractivity contribution < 1.29 is 18.9 Å². The van der Waals surface area contributed by atoms with Gasteiger partial charge in [-0.1, -0.05) is 30.3 Å². The molecule has 0 aliphatic rings. The minimum Gasteiger partial charge on any atom is -0.588 e. The lowest BCUT2D eigenvalue weighted by molar-refractivity contribution is 0.0827. The number of nitrogens with zero attached hydrogens (tertiary/aromatic N) is 2. The molecule has 0 bridgehead atoms. The molecule has 42 heavy (non-hydrogen) atoms. The zero-order chi connectivity index (χ0) is 30.1. The molecule has 3 N–H and O–H groups in total. The number of amides is 2. The van der Waals surface area contributed by atoms with Crippen LogP contribution in [0.25, 0.3) is 11.1 Å². The maximum Gasteiger partial charge on any atom is 0.253 e. The van der Waals surface area contributed by atoms with Crippen molar-refractivity contribution in [2.45, 2.75) is 4.90 Å². The number of nitrogens with one attached hydrogen (secondary N) is 3. The van der Waals surface area contributed by atoms with E-state index in [1.54, 1.807) is 62.6 Å². The molecule has 0 saturated carbocycles. The number of anilines is 2. The van der Waals surface area contributed by atoms with Crippen LogP contribution in [0.2, 0.25) is 0 Å². The Morgan fingerprint density at radius 2 is 1.60 bits per heavy atom. The summed E-state index contributed by atoms with van der Waals surface area (Å²) in [6.07, 6.45) is 0. The SMILES string of the molecule is COc1ccc(-c2cccc(C(=O)N(C)C)c2)cc1[S+]([O-])Nc1cccc(NCCNC(=O)c2cccc(C#N)c2)c1. The molecule has 0 saturated heterocycles. The third kappa shape index (κ3) is 7.60. The highest BCUT2D eigenvalue weighted by Crippen LogP contribution is 2.32. The van der Waals surface area contributed by atoms with E-state index in [9.17, 15) is 14.1 Å². The first kappa shape index (κ1) is 30.0. The van der Waals surface area contributed by atoms with Gasteiger partial charge in [0.25, 0.3) is 11.8 Å². The maximum atomic E-state index is 13.4. The van der Waals surface area contributed by atoms with Crippen LogP contribution >= 0.6 is 0 Å². The third-order valence-electron chi connectivity index (χ3n) is 6.28. The summed E-state index contributed by atoms with van der Waals surface area (Å²) in [7, 11) is 4.93. The molecule has 0 spiro atoms. The second-order valence-corrected chi connectivity index (χ2v) is 10.7. The summed E-state index contributed by atoms with van der Waals surface area (Å²) in [5.41, 5.74) is 4.44. The fourth-order valence-electron chi connectivity index (χ4n) is 4.16. The molecule has 2 amide bonds. The molecular weight excluding hydrogens is 550 g/mol. The predicted octanol–water partition coefficient (Wildman–Crippen LogP) is 4.91. The molecule has 1 atom stereocenters. The summed E-state index contributed by atoms with van der Waals surface area (Å²) in [5, 5.41) is 15.1. The van der Waals surface area contributed by atoms with E-state index in [1.807, 2.05) is 48.5 Å². The largest absolute Gasteiger partial charge is 0.588 e. The van der Waals surface area contributed by atoms with E-state index in [0.29, 0.717) is 46.1 Å². The first-order chi connectivity index (χ1) is 20.3. The van der Waals surface area contributed by atoms with E-state index in [2.05, 4.69) is 15.4 Å². The molecule has 0 aliphatic heterocycles. The van der Waals surface area contributed by atoms with Crippen LogP contribution in [-0.2, 0) is 11.4 Å². The molecule has 1 unspecified atom stereocenters. The second kappa shape index (κ2) is 14.1. The molecule has 0 fully saturated rings. The van der Waals surface area contributed by atoms with E-state index in [1.165, 1.54) is 12.0 Å². The minimum absolute atomic E-state index is 0.0999. The van der Waals surface area contributed by atoms with Crippen molar-refractivity contribution in [2.24, 2.45) is 0 Å². The summed E-state index contributed by atoms with van der Waals surface area (Å²) in [5.74, 6) is 0.111. The lowest BCUT2D eigenvalue weighted by Gasteiger charge is -2.16. The number of nitriles is 1. The standard InChI is InChI=1S/C32H31N5O4S/c1-37(2)32(39)26-10-5-8-23(18-26)24-13-14-29(41-3)30(19-24)42(40)36-28-12-6-11-27(20-28)34-15-16-35-31(38)25-9-4-7-22(17-25)21-33/h4-14,17-20,34,36H,15-16H2,1-3H3,(H,35,38). The fraction of sp³-hybridized carbons (Fsp3) is 0.156. The average Bonchev–Trinajstić information content (AvgIpc) is 3.02. The molecule has 0 aliphatic carbocycles. The van der Waals surface area contributed by atoms with E-state index >= 15 is 0 Å². The molecule has 0 radical (unpaired) electrons. The topological polar surface area (TPSA) is 130 Å². The normalized spacial score (nSPS) is 11.1. The summed E-state index contributed by atoms with van der Waals surface area (Å²) >= 11 is -1.66. The quantitative estimate of drug-likeness (QED) is 0.169. The van der Waals surface area contributed by atoms with Gasteiger partial charge in [0.15, 0.2) is 5.75 Å². The first-order valence-electron chi connectivity index (χ1n) is 13.1. The average molecular weight is 582 g/mol. The molecule has 0 heterocycles. The lowest BCUT2D eigenvalue weighted by Crippen LogP contribution is -2.28. The van der Waals surface area contributed by atoms with Crippen molar-refractivity contribution >= 4 is 34.6 Å². The van der Waals surface area contributed by atoms with Crippen LogP contribution in [0.3, 0.4) is 0 Å². The third-order valence-corrected chi connectivity index (χ3v) is 7.42. The summed E-state index contributed by atoms with van der Waals surface area (Å²) < 4.78 is 22.0. The van der Waals surface area contributed by atoms with Gasteiger partial charge < -0.3 is 24.8 Å². The fourth-order valence-corrected chi connectivity index (χ4v) is 5.18. The number of rotatable bonds is 11. The van der Waals surface area contributed by atoms with Crippen molar-refractivity contribution in [3.63, 3.8) is 0 Å². The Hall–Kier alpha value is -4.98. The molecule has 0 aromatic heterocycles. The summed E-state index contributed by atoms with van der Waals surface area (Å²) in [6.45, 7) is 0.825. The van der Waals surface area contributed by atoms with Gasteiger partial charge in [0.2, 0.25) is 4.90 Å². The van der Waals surface area contributed by atoms with Crippen LogP contribution in [0, 0.1) is 11.3 Å². The molecular formula is C32H31N5O4S. The highest BCUT2D eigenvalue weighted by molar-refractivity contribution is 7.92. The molecule has 9 nitrogen and oxygen atoms in total. The van der Waals surface area contributed by atoms with Gasteiger partial charge in [0, 0.05) is 50.1 Å². The first-order valence-corrected chi connectivity index (χ1v) is 14.2. The van der Waals surface area contributed by atoms with Crippen molar-refractivity contribution in [1.82, 2.24) is 10.2 Å². The van der Waals surface area contributed by atoms with Gasteiger partial charge in [-0.05, 0) is 65.7 Å². The Kier molecular flexibility index (Phi) is 10.1. The van der Waals surface area contributed by atoms with Crippen LogP contribution in [0.15, 0.2) is 95.9 Å². The minimum atomic E-state index is -1.66. The summed E-state index contributed by atoms with van der Waals surface area (Å²) in [4.78, 5) is 26.8. The number of methoxy groups -OCH3 is 1. The predicted molar refractivity (Wildman–Crippen MR) is 165 cm³/mol. The Morgan fingerprint density at radius 3 is 2.36 bits per heavy atom. The summed E-state index contributed by atoms with van der Waals surface area (Å²) in [6, 6.07) is 28.6. The van der Waals surface area contributed by atoms with Gasteiger partial charge in [0.1, 0.15) is 11.4 Å². The van der Waals surface area contributed by atoms with Crippen LogP contribution in [0.5, 0.6) is 5.75 Å². The lowest BCUT2D eigenvalue weighted by atomic mass is 10.0.